The van der Waals surface area contributed by atoms with Crippen molar-refractivity contribution >= 4 is 9.90 Å². The quantitative estimate of drug-likeness (QED) is 0.358. The van der Waals surface area contributed by atoms with Gasteiger partial charge in [0, 0.05) is 18.6 Å². The van der Waals surface area contributed by atoms with Gasteiger partial charge in [0.15, 0.2) is 0 Å². The third-order valence-corrected chi connectivity index (χ3v) is 0. The van der Waals surface area contributed by atoms with Gasteiger partial charge in [-0.2, -0.15) is 9.90 Å². The third kappa shape index (κ3) is 339. The van der Waals surface area contributed by atoms with Crippen molar-refractivity contribution in [3.63, 3.8) is 0 Å². The molecule has 0 fully saturated rings. The summed E-state index contributed by atoms with van der Waals surface area (Å²) >= 11 is 0. The van der Waals surface area contributed by atoms with Crippen LogP contribution in [0.4, 0.5) is 0 Å². The van der Waals surface area contributed by atoms with Crippen LogP contribution in [-0.2, 0) is 94.2 Å². The first-order chi connectivity index (χ1) is 0. The molecule has 79 valence electrons. The zero-order valence-electron chi connectivity index (χ0n) is 5.46. The van der Waals surface area contributed by atoms with Gasteiger partial charge < -0.3 is 43.8 Å². The summed E-state index contributed by atoms with van der Waals surface area (Å²) in [4.78, 5) is 0. The smallest absolute Gasteiger partial charge is 2.00 e. The van der Waals surface area contributed by atoms with Crippen LogP contribution >= 0.6 is 9.90 Å². The molecule has 0 aromatic rings. The molecule has 0 saturated carbocycles. The van der Waals surface area contributed by atoms with Crippen LogP contribution < -0.4 is 0 Å². The van der Waals surface area contributed by atoms with Crippen LogP contribution in [0.15, 0.2) is 0 Å². The summed E-state index contributed by atoms with van der Waals surface area (Å²) in [5, 5.41) is 0. The maximum absolute atomic E-state index is 0. The molecule has 0 saturated heterocycles. The monoisotopic (exact) mass is 362 g/mol. The second kappa shape index (κ2) is 436. The molecule has 0 amide bonds. The first-order valence-electron chi connectivity index (χ1n) is 0. The molecule has 0 aliphatic carbocycles. The zero-order valence-corrected chi connectivity index (χ0v) is 11.8. The molecule has 0 aliphatic heterocycles. The van der Waals surface area contributed by atoms with E-state index in [1.165, 1.54) is 0 Å². The molecule has 0 heterocycles. The Balaban J connectivity index is 0. The first-order valence-corrected chi connectivity index (χ1v) is 0. The topological polar surface area (TPSA) is 232 Å². The predicted molar refractivity (Wildman–Crippen MR) is 20.8 cm³/mol. The predicted octanol–water partition coefficient (Wildman–Crippen LogP) is -1.66. The SMILES string of the molecule is O.P.[Mo+4].[O-2].[O-2].[O-2].[O-2].[O-2].[O-2].[OH-].[Ti+4].[V]. The van der Waals surface area contributed by atoms with Gasteiger partial charge in [-0.05, 0) is 0 Å². The van der Waals surface area contributed by atoms with Crippen LogP contribution in [-0.4, -0.2) is 11.0 Å². The normalized spacial score (nSPS) is 0. The first kappa shape index (κ1) is 550. The van der Waals surface area contributed by atoms with Gasteiger partial charge in [-0.3, -0.25) is 0 Å². The summed E-state index contributed by atoms with van der Waals surface area (Å²) in [6.45, 7) is 0. The Morgan fingerprint density at radius 3 is 0.583 bits per heavy atom. The molecule has 0 aliphatic rings. The molecule has 0 spiro atoms. The van der Waals surface area contributed by atoms with Gasteiger partial charge in [-0.15, -0.1) is 0 Å². The maximum Gasteiger partial charge on any atom is 4.00 e. The fraction of sp³-hybridized carbons (Fsp3) is 0. The molecule has 0 aromatic carbocycles. The second-order valence-corrected chi connectivity index (χ2v) is 0. The summed E-state index contributed by atoms with van der Waals surface area (Å²) < 4.78 is 0. The minimum atomic E-state index is 0. The second-order valence-electron chi connectivity index (χ2n) is 0. The molecule has 0 bridgehead atoms. The van der Waals surface area contributed by atoms with E-state index in [-0.39, 0.29) is 115 Å². The van der Waals surface area contributed by atoms with E-state index in [1.807, 2.05) is 0 Å². The molecule has 1 unspecified atom stereocenters. The number of hydrogen-bond donors (Lipinski definition) is 0. The van der Waals surface area contributed by atoms with Crippen LogP contribution in [0.2, 0.25) is 0 Å². The standard InChI is InChI=1S/Mo.2H2O.6O.H3P.Ti.V/h;2*1H2;;;;;;;1H3;;/q+4;;;6*-2;;+4;/p-1. The van der Waals surface area contributed by atoms with Crippen molar-refractivity contribution in [2.24, 2.45) is 0 Å². The molecular weight excluding hydrogens is 354 g/mol. The summed E-state index contributed by atoms with van der Waals surface area (Å²) in [6.07, 6.45) is 0. The van der Waals surface area contributed by atoms with Crippen molar-refractivity contribution in [2.75, 3.05) is 0 Å². The largest absolute Gasteiger partial charge is 4.00 e. The fourth-order valence-electron chi connectivity index (χ4n) is 0. The number of rotatable bonds is 0. The van der Waals surface area contributed by atoms with Gasteiger partial charge in [0.05, 0.1) is 0 Å². The third-order valence-electron chi connectivity index (χ3n) is 0. The van der Waals surface area contributed by atoms with Crippen molar-refractivity contribution < 1.29 is 105 Å². The van der Waals surface area contributed by atoms with E-state index in [0.29, 0.717) is 0 Å². The molecule has 8 nitrogen and oxygen atoms in total. The van der Waals surface area contributed by atoms with E-state index in [9.17, 15) is 0 Å². The van der Waals surface area contributed by atoms with Crippen LogP contribution in [0.25, 0.3) is 0 Å². The summed E-state index contributed by atoms with van der Waals surface area (Å²) in [5.74, 6) is 0. The fourth-order valence-corrected chi connectivity index (χ4v) is 0. The molecule has 0 rings (SSSR count). The van der Waals surface area contributed by atoms with Gasteiger partial charge in [-0.25, -0.2) is 0 Å². The van der Waals surface area contributed by atoms with Gasteiger partial charge in [0.1, 0.15) is 0 Å². The Hall–Kier alpha value is 2.10. The van der Waals surface area contributed by atoms with Crippen LogP contribution in [0.1, 0.15) is 0 Å². The molecule has 12 heteroatoms. The minimum absolute atomic E-state index is 0. The van der Waals surface area contributed by atoms with E-state index in [2.05, 4.69) is 0 Å². The Bertz CT molecular complexity index is 19.0. The molecule has 1 atom stereocenters. The van der Waals surface area contributed by atoms with Crippen LogP contribution in [0.5, 0.6) is 0 Å². The van der Waals surface area contributed by atoms with Crippen molar-refractivity contribution in [1.29, 1.82) is 0 Å². The zero-order chi connectivity index (χ0) is 0. The summed E-state index contributed by atoms with van der Waals surface area (Å²) in [5.41, 5.74) is 0. The maximum atomic E-state index is 0. The van der Waals surface area contributed by atoms with Crippen molar-refractivity contribution in [2.45, 2.75) is 0 Å². The minimum Gasteiger partial charge on any atom is -2.00 e. The van der Waals surface area contributed by atoms with Crippen molar-refractivity contribution in [1.82, 2.24) is 0 Å². The Kier molecular flexibility index (Phi) is 20000. The summed E-state index contributed by atoms with van der Waals surface area (Å²) in [7, 11) is 0. The van der Waals surface area contributed by atoms with E-state index >= 15 is 0 Å². The van der Waals surface area contributed by atoms with Crippen molar-refractivity contribution in [3.8, 4) is 0 Å². The van der Waals surface area contributed by atoms with Gasteiger partial charge in [0.2, 0.25) is 0 Å². The van der Waals surface area contributed by atoms with E-state index < -0.39 is 0 Å². The Morgan fingerprint density at radius 1 is 0.583 bits per heavy atom. The Labute approximate surface area is 114 Å². The Morgan fingerprint density at radius 2 is 0.583 bits per heavy atom. The number of hydrogen-bond acceptors (Lipinski definition) is 1. The van der Waals surface area contributed by atoms with E-state index in [4.69, 9.17) is 0 Å². The van der Waals surface area contributed by atoms with Crippen LogP contribution in [0.3, 0.4) is 0 Å². The average Bonchev–Trinajstić information content (AvgIpc) is 0. The van der Waals surface area contributed by atoms with Crippen LogP contribution in [0, 0.1) is 0 Å². The molecular formula is H6MoO8PTiV-5. The van der Waals surface area contributed by atoms with Gasteiger partial charge in [0.25, 0.3) is 0 Å². The molecule has 12 heavy (non-hydrogen) atoms. The average molecular weight is 360 g/mol. The summed E-state index contributed by atoms with van der Waals surface area (Å²) in [6, 6.07) is 0. The molecule has 1 radical (unpaired) electrons. The van der Waals surface area contributed by atoms with Gasteiger partial charge in [-0.1, -0.05) is 0 Å². The van der Waals surface area contributed by atoms with E-state index in [0.717, 1.165) is 0 Å². The van der Waals surface area contributed by atoms with Gasteiger partial charge >= 0.3 is 42.8 Å². The van der Waals surface area contributed by atoms with E-state index in [1.54, 1.807) is 0 Å². The molecule has 3 N–H and O–H groups in total. The van der Waals surface area contributed by atoms with Crippen molar-refractivity contribution in [3.05, 3.63) is 0 Å². The molecule has 0 aromatic heterocycles.